The molecular formula is C17H30N2. The highest BCUT2D eigenvalue weighted by molar-refractivity contribution is 5.13. The van der Waals surface area contributed by atoms with Crippen LogP contribution in [0.5, 0.6) is 0 Å². The summed E-state index contributed by atoms with van der Waals surface area (Å²) < 4.78 is 0. The standard InChI is InChI=1S/C17H30N2/c1-6-8-16(5)19-11-9-17(10-12-19)13-15(4)18-14(3)7-2/h6,8,14,17-18H,4-5,7,9-13H2,1-3H3/b8-6+. The summed E-state index contributed by atoms with van der Waals surface area (Å²) in [6, 6.07) is 0.544. The molecule has 0 aliphatic carbocycles. The van der Waals surface area contributed by atoms with Gasteiger partial charge in [0.15, 0.2) is 0 Å². The van der Waals surface area contributed by atoms with E-state index in [0.29, 0.717) is 6.04 Å². The minimum absolute atomic E-state index is 0.544. The summed E-state index contributed by atoms with van der Waals surface area (Å²) >= 11 is 0. The maximum Gasteiger partial charge on any atom is 0.0289 e. The number of piperidine rings is 1. The van der Waals surface area contributed by atoms with Gasteiger partial charge < -0.3 is 10.2 Å². The fourth-order valence-electron chi connectivity index (χ4n) is 2.58. The van der Waals surface area contributed by atoms with Crippen LogP contribution in [0.4, 0.5) is 0 Å². The number of likely N-dealkylation sites (tertiary alicyclic amines) is 1. The average molecular weight is 262 g/mol. The highest BCUT2D eigenvalue weighted by atomic mass is 15.1. The molecule has 2 heteroatoms. The van der Waals surface area contributed by atoms with Gasteiger partial charge in [0.1, 0.15) is 0 Å². The zero-order valence-corrected chi connectivity index (χ0v) is 12.9. The molecule has 0 radical (unpaired) electrons. The van der Waals surface area contributed by atoms with Gasteiger partial charge in [-0.1, -0.05) is 26.2 Å². The highest BCUT2D eigenvalue weighted by Crippen LogP contribution is 2.25. The van der Waals surface area contributed by atoms with Crippen molar-refractivity contribution in [3.63, 3.8) is 0 Å². The van der Waals surface area contributed by atoms with Crippen molar-refractivity contribution in [3.8, 4) is 0 Å². The first-order chi connectivity index (χ1) is 9.06. The Bertz CT molecular complexity index is 322. The van der Waals surface area contributed by atoms with Crippen LogP contribution in [0.15, 0.2) is 36.7 Å². The Hall–Kier alpha value is -1.18. The highest BCUT2D eigenvalue weighted by Gasteiger charge is 2.20. The van der Waals surface area contributed by atoms with E-state index >= 15 is 0 Å². The molecule has 0 aromatic rings. The minimum atomic E-state index is 0.544. The van der Waals surface area contributed by atoms with Gasteiger partial charge in [-0.15, -0.1) is 0 Å². The van der Waals surface area contributed by atoms with Gasteiger partial charge in [-0.25, -0.2) is 0 Å². The molecule has 1 aliphatic rings. The van der Waals surface area contributed by atoms with Crippen molar-refractivity contribution < 1.29 is 0 Å². The van der Waals surface area contributed by atoms with Crippen LogP contribution in [0.3, 0.4) is 0 Å². The molecule has 0 aromatic carbocycles. The summed E-state index contributed by atoms with van der Waals surface area (Å²) in [5.74, 6) is 0.777. The number of nitrogens with one attached hydrogen (secondary N) is 1. The minimum Gasteiger partial charge on any atom is -0.386 e. The molecular weight excluding hydrogens is 232 g/mol. The molecule has 0 saturated carbocycles. The first kappa shape index (κ1) is 15.9. The smallest absolute Gasteiger partial charge is 0.0289 e. The van der Waals surface area contributed by atoms with E-state index in [4.69, 9.17) is 0 Å². The van der Waals surface area contributed by atoms with Crippen molar-refractivity contribution in [2.75, 3.05) is 13.1 Å². The first-order valence-corrected chi connectivity index (χ1v) is 7.57. The molecule has 1 N–H and O–H groups in total. The van der Waals surface area contributed by atoms with Crippen LogP contribution in [0.1, 0.15) is 46.5 Å². The van der Waals surface area contributed by atoms with Crippen LogP contribution in [-0.2, 0) is 0 Å². The molecule has 1 saturated heterocycles. The zero-order chi connectivity index (χ0) is 14.3. The van der Waals surface area contributed by atoms with Crippen LogP contribution in [0.2, 0.25) is 0 Å². The monoisotopic (exact) mass is 262 g/mol. The second-order valence-electron chi connectivity index (χ2n) is 5.68. The van der Waals surface area contributed by atoms with E-state index < -0.39 is 0 Å². The van der Waals surface area contributed by atoms with E-state index in [0.717, 1.165) is 37.5 Å². The average Bonchev–Trinajstić information content (AvgIpc) is 2.39. The Kier molecular flexibility index (Phi) is 6.75. The Labute approximate surface area is 119 Å². The lowest BCUT2D eigenvalue weighted by Crippen LogP contribution is -2.33. The lowest BCUT2D eigenvalue weighted by atomic mass is 9.92. The van der Waals surface area contributed by atoms with Crippen molar-refractivity contribution in [3.05, 3.63) is 36.7 Å². The summed E-state index contributed by atoms with van der Waals surface area (Å²) in [6.45, 7) is 17.0. The number of hydrogen-bond acceptors (Lipinski definition) is 2. The van der Waals surface area contributed by atoms with Gasteiger partial charge >= 0.3 is 0 Å². The summed E-state index contributed by atoms with van der Waals surface area (Å²) in [5, 5.41) is 3.49. The van der Waals surface area contributed by atoms with Crippen molar-refractivity contribution in [2.45, 2.75) is 52.5 Å². The van der Waals surface area contributed by atoms with Gasteiger partial charge in [-0.05, 0) is 51.5 Å². The largest absolute Gasteiger partial charge is 0.386 e. The predicted octanol–water partition coefficient (Wildman–Crippen LogP) is 4.08. The van der Waals surface area contributed by atoms with Crippen molar-refractivity contribution in [2.24, 2.45) is 5.92 Å². The Morgan fingerprint density at radius 1 is 1.37 bits per heavy atom. The first-order valence-electron chi connectivity index (χ1n) is 7.57. The molecule has 0 aromatic heterocycles. The fourth-order valence-corrected chi connectivity index (χ4v) is 2.58. The van der Waals surface area contributed by atoms with E-state index in [2.05, 4.69) is 49.4 Å². The molecule has 1 rings (SSSR count). The fraction of sp³-hybridized carbons (Fsp3) is 0.647. The molecule has 1 atom stereocenters. The van der Waals surface area contributed by atoms with Crippen LogP contribution in [0, 0.1) is 5.92 Å². The van der Waals surface area contributed by atoms with E-state index in [1.165, 1.54) is 18.5 Å². The second kappa shape index (κ2) is 8.08. The van der Waals surface area contributed by atoms with Gasteiger partial charge in [-0.2, -0.15) is 0 Å². The van der Waals surface area contributed by atoms with E-state index in [-0.39, 0.29) is 0 Å². The van der Waals surface area contributed by atoms with Gasteiger partial charge in [0.2, 0.25) is 0 Å². The SMILES string of the molecule is C=C(CC1CCN(C(=C)/C=C/C)CC1)NC(C)CC. The van der Waals surface area contributed by atoms with Crippen molar-refractivity contribution in [1.82, 2.24) is 10.2 Å². The van der Waals surface area contributed by atoms with E-state index in [1.807, 2.05) is 6.92 Å². The third kappa shape index (κ3) is 5.54. The van der Waals surface area contributed by atoms with Crippen LogP contribution in [-0.4, -0.2) is 24.0 Å². The van der Waals surface area contributed by atoms with Crippen LogP contribution >= 0.6 is 0 Å². The van der Waals surface area contributed by atoms with Gasteiger partial charge in [0, 0.05) is 30.5 Å². The lowest BCUT2D eigenvalue weighted by Gasteiger charge is -2.34. The Balaban J connectivity index is 2.30. The molecule has 1 fully saturated rings. The molecule has 0 amide bonds. The normalized spacial score (nSPS) is 18.6. The molecule has 0 bridgehead atoms. The Morgan fingerprint density at radius 3 is 2.53 bits per heavy atom. The van der Waals surface area contributed by atoms with Crippen molar-refractivity contribution in [1.29, 1.82) is 0 Å². The van der Waals surface area contributed by atoms with Gasteiger partial charge in [-0.3, -0.25) is 0 Å². The molecule has 1 heterocycles. The number of allylic oxidation sites excluding steroid dienone is 3. The summed E-state index contributed by atoms with van der Waals surface area (Å²) in [6.07, 6.45) is 8.93. The predicted molar refractivity (Wildman–Crippen MR) is 84.9 cm³/mol. The number of nitrogens with zero attached hydrogens (tertiary/aromatic N) is 1. The zero-order valence-electron chi connectivity index (χ0n) is 12.9. The molecule has 108 valence electrons. The van der Waals surface area contributed by atoms with Crippen LogP contribution in [0.25, 0.3) is 0 Å². The molecule has 1 unspecified atom stereocenters. The third-order valence-electron chi connectivity index (χ3n) is 3.98. The summed E-state index contributed by atoms with van der Waals surface area (Å²) in [7, 11) is 0. The number of rotatable bonds is 7. The molecule has 0 spiro atoms. The molecule has 2 nitrogen and oxygen atoms in total. The van der Waals surface area contributed by atoms with E-state index in [9.17, 15) is 0 Å². The number of hydrogen-bond donors (Lipinski definition) is 1. The lowest BCUT2D eigenvalue weighted by molar-refractivity contribution is 0.229. The van der Waals surface area contributed by atoms with Crippen molar-refractivity contribution >= 4 is 0 Å². The quantitative estimate of drug-likeness (QED) is 0.695. The maximum atomic E-state index is 4.17. The van der Waals surface area contributed by atoms with E-state index in [1.54, 1.807) is 0 Å². The topological polar surface area (TPSA) is 15.3 Å². The molecule has 1 aliphatic heterocycles. The van der Waals surface area contributed by atoms with Gasteiger partial charge in [0.05, 0.1) is 0 Å². The Morgan fingerprint density at radius 2 is 2.00 bits per heavy atom. The summed E-state index contributed by atoms with van der Waals surface area (Å²) in [4.78, 5) is 2.39. The second-order valence-corrected chi connectivity index (χ2v) is 5.68. The summed E-state index contributed by atoms with van der Waals surface area (Å²) in [5.41, 5.74) is 2.36. The maximum absolute atomic E-state index is 4.17. The van der Waals surface area contributed by atoms with Crippen LogP contribution < -0.4 is 5.32 Å². The van der Waals surface area contributed by atoms with Gasteiger partial charge in [0.25, 0.3) is 0 Å². The molecule has 19 heavy (non-hydrogen) atoms. The third-order valence-corrected chi connectivity index (χ3v) is 3.98.